The average molecular weight is 186 g/mol. The topological polar surface area (TPSA) is 46.5 Å². The van der Waals surface area contributed by atoms with Crippen LogP contribution in [-0.4, -0.2) is 30.7 Å². The van der Waals surface area contributed by atoms with E-state index < -0.39 is 0 Å². The maximum atomic E-state index is 11.7. The van der Waals surface area contributed by atoms with Crippen molar-refractivity contribution < 1.29 is 14.6 Å². The van der Waals surface area contributed by atoms with Gasteiger partial charge in [0.2, 0.25) is 0 Å². The van der Waals surface area contributed by atoms with Gasteiger partial charge in [-0.1, -0.05) is 6.92 Å². The molecule has 0 amide bonds. The molecule has 1 aliphatic heterocycles. The first-order valence-electron chi connectivity index (χ1n) is 5.02. The summed E-state index contributed by atoms with van der Waals surface area (Å²) in [5, 5.41) is 8.98. The zero-order valence-electron chi connectivity index (χ0n) is 8.16. The van der Waals surface area contributed by atoms with Crippen molar-refractivity contribution >= 4 is 5.78 Å². The maximum Gasteiger partial charge on any atom is 0.141 e. The lowest BCUT2D eigenvalue weighted by Crippen LogP contribution is -2.30. The highest BCUT2D eigenvalue weighted by Crippen LogP contribution is 2.20. The highest BCUT2D eigenvalue weighted by atomic mass is 16.5. The summed E-state index contributed by atoms with van der Waals surface area (Å²) in [6.45, 7) is 3.32. The highest BCUT2D eigenvalue weighted by Gasteiger charge is 2.26. The molecule has 1 fully saturated rings. The Hall–Kier alpha value is -0.410. The number of aliphatic hydroxyl groups excluding tert-OH is 1. The summed E-state index contributed by atoms with van der Waals surface area (Å²) in [5.41, 5.74) is 0. The molecule has 1 rings (SSSR count). The number of Topliss-reactive ketones (excluding diaryl/α,β-unsaturated/α-hetero) is 1. The van der Waals surface area contributed by atoms with Gasteiger partial charge in [0.15, 0.2) is 0 Å². The molecule has 1 saturated heterocycles. The molecule has 76 valence electrons. The van der Waals surface area contributed by atoms with E-state index in [1.165, 1.54) is 0 Å². The minimum Gasteiger partial charge on any atom is -0.396 e. The third-order valence-corrected chi connectivity index (χ3v) is 2.74. The fraction of sp³-hybridized carbons (Fsp3) is 0.900. The minimum absolute atomic E-state index is 0.00725. The van der Waals surface area contributed by atoms with Crippen molar-refractivity contribution in [2.75, 3.05) is 19.8 Å². The molecule has 3 nitrogen and oxygen atoms in total. The van der Waals surface area contributed by atoms with Gasteiger partial charge in [0.25, 0.3) is 0 Å². The van der Waals surface area contributed by atoms with Crippen LogP contribution in [0.1, 0.15) is 26.2 Å². The van der Waals surface area contributed by atoms with Gasteiger partial charge in [-0.3, -0.25) is 4.79 Å². The van der Waals surface area contributed by atoms with E-state index in [9.17, 15) is 4.79 Å². The molecule has 0 aromatic rings. The van der Waals surface area contributed by atoms with Gasteiger partial charge in [0.05, 0.1) is 6.61 Å². The third kappa shape index (κ3) is 2.78. The van der Waals surface area contributed by atoms with E-state index >= 15 is 0 Å². The molecular weight excluding hydrogens is 168 g/mol. The second kappa shape index (κ2) is 5.35. The van der Waals surface area contributed by atoms with Crippen molar-refractivity contribution in [3.05, 3.63) is 0 Å². The van der Waals surface area contributed by atoms with Crippen molar-refractivity contribution in [1.82, 2.24) is 0 Å². The van der Waals surface area contributed by atoms with Crippen LogP contribution in [0, 0.1) is 11.8 Å². The van der Waals surface area contributed by atoms with E-state index in [0.29, 0.717) is 13.2 Å². The van der Waals surface area contributed by atoms with Gasteiger partial charge in [-0.05, 0) is 19.3 Å². The van der Waals surface area contributed by atoms with E-state index in [2.05, 4.69) is 0 Å². The standard InChI is InChI=1S/C10H18O3/c1-2-8(7-11)10(12)9-3-5-13-6-4-9/h8-9,11H,2-7H2,1H3. The molecule has 13 heavy (non-hydrogen) atoms. The van der Waals surface area contributed by atoms with Crippen LogP contribution in [0.4, 0.5) is 0 Å². The number of hydrogen-bond acceptors (Lipinski definition) is 3. The van der Waals surface area contributed by atoms with Gasteiger partial charge in [0.1, 0.15) is 5.78 Å². The minimum atomic E-state index is -0.150. The Labute approximate surface area is 79.1 Å². The Balaban J connectivity index is 2.44. The van der Waals surface area contributed by atoms with Gasteiger partial charge >= 0.3 is 0 Å². The first-order valence-corrected chi connectivity index (χ1v) is 5.02. The molecule has 3 heteroatoms. The Kier molecular flexibility index (Phi) is 4.39. The van der Waals surface area contributed by atoms with Crippen LogP contribution in [-0.2, 0) is 9.53 Å². The fourth-order valence-electron chi connectivity index (χ4n) is 1.74. The smallest absolute Gasteiger partial charge is 0.141 e. The van der Waals surface area contributed by atoms with E-state index in [0.717, 1.165) is 19.3 Å². The number of carbonyl (C=O) groups excluding carboxylic acids is 1. The summed E-state index contributed by atoms with van der Waals surface area (Å²) >= 11 is 0. The Morgan fingerprint density at radius 3 is 2.62 bits per heavy atom. The number of ether oxygens (including phenoxy) is 1. The largest absolute Gasteiger partial charge is 0.396 e. The highest BCUT2D eigenvalue weighted by molar-refractivity contribution is 5.83. The molecule has 1 atom stereocenters. The molecule has 1 N–H and O–H groups in total. The monoisotopic (exact) mass is 186 g/mol. The summed E-state index contributed by atoms with van der Waals surface area (Å²) in [7, 11) is 0. The van der Waals surface area contributed by atoms with Crippen LogP contribution in [0.25, 0.3) is 0 Å². The summed E-state index contributed by atoms with van der Waals surface area (Å²) < 4.78 is 5.18. The molecule has 1 unspecified atom stereocenters. The van der Waals surface area contributed by atoms with Gasteiger partial charge in [0, 0.05) is 25.0 Å². The van der Waals surface area contributed by atoms with Crippen molar-refractivity contribution in [2.45, 2.75) is 26.2 Å². The Morgan fingerprint density at radius 2 is 2.15 bits per heavy atom. The van der Waals surface area contributed by atoms with Crippen LogP contribution >= 0.6 is 0 Å². The lowest BCUT2D eigenvalue weighted by Gasteiger charge is -2.23. The molecule has 0 spiro atoms. The van der Waals surface area contributed by atoms with E-state index in [1.54, 1.807) is 0 Å². The Bertz CT molecular complexity index is 158. The van der Waals surface area contributed by atoms with E-state index in [4.69, 9.17) is 9.84 Å². The van der Waals surface area contributed by atoms with Crippen molar-refractivity contribution in [1.29, 1.82) is 0 Å². The predicted octanol–water partition coefficient (Wildman–Crippen LogP) is 1.00. The molecule has 0 radical (unpaired) electrons. The lowest BCUT2D eigenvalue weighted by molar-refractivity contribution is -0.131. The Morgan fingerprint density at radius 1 is 1.54 bits per heavy atom. The van der Waals surface area contributed by atoms with Gasteiger partial charge < -0.3 is 9.84 Å². The molecule has 0 bridgehead atoms. The first kappa shape index (κ1) is 10.7. The zero-order valence-corrected chi connectivity index (χ0v) is 8.16. The summed E-state index contributed by atoms with van der Waals surface area (Å²) in [6, 6.07) is 0. The average Bonchev–Trinajstić information content (AvgIpc) is 2.21. The van der Waals surface area contributed by atoms with Crippen molar-refractivity contribution in [3.8, 4) is 0 Å². The normalized spacial score (nSPS) is 21.4. The lowest BCUT2D eigenvalue weighted by atomic mass is 9.86. The predicted molar refractivity (Wildman–Crippen MR) is 49.4 cm³/mol. The molecule has 1 aliphatic rings. The van der Waals surface area contributed by atoms with Crippen LogP contribution in [0.15, 0.2) is 0 Å². The number of ketones is 1. The zero-order chi connectivity index (χ0) is 9.68. The van der Waals surface area contributed by atoms with E-state index in [1.807, 2.05) is 6.92 Å². The van der Waals surface area contributed by atoms with Crippen molar-refractivity contribution in [2.24, 2.45) is 11.8 Å². The third-order valence-electron chi connectivity index (χ3n) is 2.74. The second-order valence-electron chi connectivity index (χ2n) is 3.58. The maximum absolute atomic E-state index is 11.7. The van der Waals surface area contributed by atoms with Crippen LogP contribution < -0.4 is 0 Å². The molecule has 0 aliphatic carbocycles. The van der Waals surface area contributed by atoms with Gasteiger partial charge in [-0.25, -0.2) is 0 Å². The summed E-state index contributed by atoms with van der Waals surface area (Å²) in [4.78, 5) is 11.7. The first-order chi connectivity index (χ1) is 6.29. The van der Waals surface area contributed by atoms with Crippen LogP contribution in [0.3, 0.4) is 0 Å². The van der Waals surface area contributed by atoms with E-state index in [-0.39, 0.29) is 24.2 Å². The number of aliphatic hydroxyl groups is 1. The molecular formula is C10H18O3. The molecule has 0 aromatic heterocycles. The van der Waals surface area contributed by atoms with Gasteiger partial charge in [-0.2, -0.15) is 0 Å². The van der Waals surface area contributed by atoms with Crippen molar-refractivity contribution in [3.63, 3.8) is 0 Å². The molecule has 0 saturated carbocycles. The number of carbonyl (C=O) groups is 1. The SMILES string of the molecule is CCC(CO)C(=O)C1CCOCC1. The van der Waals surface area contributed by atoms with Crippen LogP contribution in [0.5, 0.6) is 0 Å². The summed E-state index contributed by atoms with van der Waals surface area (Å²) in [6.07, 6.45) is 2.40. The number of hydrogen-bond donors (Lipinski definition) is 1. The molecule has 0 aromatic carbocycles. The second-order valence-corrected chi connectivity index (χ2v) is 3.58. The van der Waals surface area contributed by atoms with Crippen LogP contribution in [0.2, 0.25) is 0 Å². The molecule has 1 heterocycles. The van der Waals surface area contributed by atoms with Gasteiger partial charge in [-0.15, -0.1) is 0 Å². The summed E-state index contributed by atoms with van der Waals surface area (Å²) in [5.74, 6) is 0.210. The fourth-order valence-corrected chi connectivity index (χ4v) is 1.74. The quantitative estimate of drug-likeness (QED) is 0.712. The number of rotatable bonds is 4.